The molecule has 1 aliphatic heterocycles. The quantitative estimate of drug-likeness (QED) is 0.364. The van der Waals surface area contributed by atoms with E-state index >= 15 is 0 Å². The fourth-order valence-electron chi connectivity index (χ4n) is 4.56. The molecule has 5 aromatic rings. The Morgan fingerprint density at radius 1 is 0.944 bits per heavy atom. The third-order valence-corrected chi connectivity index (χ3v) is 6.41. The zero-order valence-corrected chi connectivity index (χ0v) is 19.8. The first-order chi connectivity index (χ1) is 17.7. The number of anilines is 1. The number of imidazole rings is 1. The van der Waals surface area contributed by atoms with E-state index in [1.807, 2.05) is 72.9 Å². The van der Waals surface area contributed by atoms with Gasteiger partial charge in [-0.25, -0.2) is 9.97 Å². The predicted molar refractivity (Wildman–Crippen MR) is 139 cm³/mol. The summed E-state index contributed by atoms with van der Waals surface area (Å²) in [7, 11) is 0. The minimum Gasteiger partial charge on any atom is -0.378 e. The van der Waals surface area contributed by atoms with E-state index in [1.165, 1.54) is 0 Å². The topological polar surface area (TPSA) is 99.8 Å². The molecule has 4 heterocycles. The van der Waals surface area contributed by atoms with Gasteiger partial charge < -0.3 is 14.6 Å². The zero-order chi connectivity index (χ0) is 24.3. The predicted octanol–water partition coefficient (Wildman–Crippen LogP) is 4.21. The Balaban J connectivity index is 1.14. The van der Waals surface area contributed by atoms with Crippen LogP contribution < -0.4 is 4.90 Å². The summed E-state index contributed by atoms with van der Waals surface area (Å²) in [5, 5.41) is 7.34. The molecule has 1 saturated heterocycles. The van der Waals surface area contributed by atoms with Crippen molar-refractivity contribution in [2.75, 3.05) is 31.2 Å². The van der Waals surface area contributed by atoms with E-state index in [0.717, 1.165) is 63.8 Å². The highest BCUT2D eigenvalue weighted by Crippen LogP contribution is 2.27. The number of fused-ring (bicyclic) bond motifs is 1. The number of hydrogen-bond acceptors (Lipinski definition) is 6. The number of nitrogens with zero attached hydrogens (tertiary/aromatic N) is 4. The summed E-state index contributed by atoms with van der Waals surface area (Å²) in [6.07, 6.45) is 2.50. The number of aromatic amines is 2. The third kappa shape index (κ3) is 4.63. The number of hydrogen-bond donors (Lipinski definition) is 2. The van der Waals surface area contributed by atoms with E-state index in [-0.39, 0.29) is 5.78 Å². The molecule has 0 bridgehead atoms. The number of H-pyrrole nitrogens is 2. The van der Waals surface area contributed by atoms with Crippen LogP contribution in [0.15, 0.2) is 72.9 Å². The Labute approximate surface area is 208 Å². The van der Waals surface area contributed by atoms with Crippen molar-refractivity contribution in [3.8, 4) is 22.6 Å². The number of pyridine rings is 1. The number of carbonyl (C=O) groups is 1. The van der Waals surface area contributed by atoms with Gasteiger partial charge in [0.1, 0.15) is 17.1 Å². The summed E-state index contributed by atoms with van der Waals surface area (Å²) in [5.41, 5.74) is 6.46. The molecule has 8 nitrogen and oxygen atoms in total. The van der Waals surface area contributed by atoms with Crippen LogP contribution in [0.5, 0.6) is 0 Å². The van der Waals surface area contributed by atoms with Crippen LogP contribution in [0, 0.1) is 0 Å². The van der Waals surface area contributed by atoms with Crippen molar-refractivity contribution in [2.24, 2.45) is 0 Å². The number of nitrogens with one attached hydrogen (secondary N) is 2. The fourth-order valence-corrected chi connectivity index (χ4v) is 4.56. The number of rotatable bonds is 7. The van der Waals surface area contributed by atoms with Crippen LogP contribution in [0.2, 0.25) is 0 Å². The van der Waals surface area contributed by atoms with Crippen LogP contribution in [0.3, 0.4) is 0 Å². The molecular weight excluding hydrogens is 452 g/mol. The Morgan fingerprint density at radius 2 is 1.75 bits per heavy atom. The van der Waals surface area contributed by atoms with Gasteiger partial charge in [0.25, 0.3) is 0 Å². The highest BCUT2D eigenvalue weighted by atomic mass is 16.5. The number of morpholine rings is 1. The molecule has 180 valence electrons. The zero-order valence-electron chi connectivity index (χ0n) is 19.8. The first kappa shape index (κ1) is 22.2. The Hall–Kier alpha value is -4.30. The SMILES string of the molecule is O=C(Cc1ccc(-c2nc3c(N4CCOCC4)nccc3[nH]2)cc1)Cc1cc(-c2ccccc2)n[nH]1. The maximum atomic E-state index is 12.7. The van der Waals surface area contributed by atoms with Crippen molar-refractivity contribution >= 4 is 22.6 Å². The maximum Gasteiger partial charge on any atom is 0.156 e. The van der Waals surface area contributed by atoms with Crippen molar-refractivity contribution in [1.29, 1.82) is 0 Å². The number of Topliss-reactive ketones (excluding diaryl/α,β-unsaturated/α-hetero) is 1. The van der Waals surface area contributed by atoms with Crippen LogP contribution in [0.1, 0.15) is 11.3 Å². The Kier molecular flexibility index (Phi) is 6.01. The van der Waals surface area contributed by atoms with Crippen LogP contribution >= 0.6 is 0 Å². The van der Waals surface area contributed by atoms with Crippen molar-refractivity contribution in [2.45, 2.75) is 12.8 Å². The van der Waals surface area contributed by atoms with E-state index in [2.05, 4.69) is 25.1 Å². The summed E-state index contributed by atoms with van der Waals surface area (Å²) in [5.74, 6) is 1.81. The normalized spacial score (nSPS) is 13.8. The average molecular weight is 479 g/mol. The lowest BCUT2D eigenvalue weighted by molar-refractivity contribution is -0.117. The standard InChI is InChI=1S/C28H26N6O2/c35-23(17-22-18-25(33-32-22)20-4-2-1-3-5-20)16-19-6-8-21(9-7-19)27-30-24-10-11-29-28(26(24)31-27)34-12-14-36-15-13-34/h1-11,18H,12-17H2,(H,30,31)(H,32,33). The molecule has 36 heavy (non-hydrogen) atoms. The number of ether oxygens (including phenoxy) is 1. The monoisotopic (exact) mass is 478 g/mol. The van der Waals surface area contributed by atoms with Gasteiger partial charge in [-0.3, -0.25) is 9.89 Å². The summed E-state index contributed by atoms with van der Waals surface area (Å²) >= 11 is 0. The highest BCUT2D eigenvalue weighted by Gasteiger charge is 2.18. The number of benzene rings is 2. The lowest BCUT2D eigenvalue weighted by atomic mass is 10.0. The first-order valence-corrected chi connectivity index (χ1v) is 12.1. The van der Waals surface area contributed by atoms with Gasteiger partial charge in [0.05, 0.1) is 24.4 Å². The van der Waals surface area contributed by atoms with Crippen LogP contribution in [0.25, 0.3) is 33.7 Å². The highest BCUT2D eigenvalue weighted by molar-refractivity contribution is 5.89. The second-order valence-corrected chi connectivity index (χ2v) is 8.95. The van der Waals surface area contributed by atoms with E-state index in [4.69, 9.17) is 9.72 Å². The van der Waals surface area contributed by atoms with Gasteiger partial charge in [-0.1, -0.05) is 54.6 Å². The van der Waals surface area contributed by atoms with Gasteiger partial charge in [-0.2, -0.15) is 5.10 Å². The van der Waals surface area contributed by atoms with Crippen LogP contribution in [-0.4, -0.2) is 57.2 Å². The minimum absolute atomic E-state index is 0.135. The van der Waals surface area contributed by atoms with Crippen molar-refractivity contribution in [1.82, 2.24) is 25.1 Å². The van der Waals surface area contributed by atoms with E-state index in [9.17, 15) is 4.79 Å². The molecule has 8 heteroatoms. The van der Waals surface area contributed by atoms with Gasteiger partial charge >= 0.3 is 0 Å². The van der Waals surface area contributed by atoms with Gasteiger partial charge in [-0.15, -0.1) is 0 Å². The summed E-state index contributed by atoms with van der Waals surface area (Å²) < 4.78 is 5.47. The molecule has 2 aromatic carbocycles. The maximum absolute atomic E-state index is 12.7. The summed E-state index contributed by atoms with van der Waals surface area (Å²) in [6.45, 7) is 3.01. The fraction of sp³-hybridized carbons (Fsp3) is 0.214. The number of ketones is 1. The smallest absolute Gasteiger partial charge is 0.156 e. The molecule has 0 radical (unpaired) electrons. The van der Waals surface area contributed by atoms with Gasteiger partial charge in [0.15, 0.2) is 5.82 Å². The molecule has 1 fully saturated rings. The molecule has 2 N–H and O–H groups in total. The van der Waals surface area contributed by atoms with Crippen molar-refractivity contribution in [3.05, 3.63) is 84.2 Å². The summed E-state index contributed by atoms with van der Waals surface area (Å²) in [6, 6.07) is 21.8. The minimum atomic E-state index is 0.135. The second kappa shape index (κ2) is 9.75. The molecule has 1 aliphatic rings. The summed E-state index contributed by atoms with van der Waals surface area (Å²) in [4.78, 5) is 27.8. The molecule has 0 unspecified atom stereocenters. The lowest BCUT2D eigenvalue weighted by Crippen LogP contribution is -2.36. The lowest BCUT2D eigenvalue weighted by Gasteiger charge is -2.27. The van der Waals surface area contributed by atoms with E-state index in [1.54, 1.807) is 0 Å². The van der Waals surface area contributed by atoms with Crippen LogP contribution in [0.4, 0.5) is 5.82 Å². The second-order valence-electron chi connectivity index (χ2n) is 8.95. The molecule has 0 aliphatic carbocycles. The van der Waals surface area contributed by atoms with Gasteiger partial charge in [-0.05, 0) is 17.7 Å². The molecule has 0 atom stereocenters. The molecule has 0 saturated carbocycles. The van der Waals surface area contributed by atoms with Crippen molar-refractivity contribution in [3.63, 3.8) is 0 Å². The van der Waals surface area contributed by atoms with Gasteiger partial charge in [0, 0.05) is 48.9 Å². The molecule has 0 amide bonds. The Morgan fingerprint density at radius 3 is 2.56 bits per heavy atom. The largest absolute Gasteiger partial charge is 0.378 e. The first-order valence-electron chi connectivity index (χ1n) is 12.1. The number of carbonyl (C=O) groups excluding carboxylic acids is 1. The number of aromatic nitrogens is 5. The molecular formula is C28H26N6O2. The van der Waals surface area contributed by atoms with Gasteiger partial charge in [0.2, 0.25) is 0 Å². The Bertz CT molecular complexity index is 1480. The van der Waals surface area contributed by atoms with E-state index in [0.29, 0.717) is 26.1 Å². The molecule has 6 rings (SSSR count). The van der Waals surface area contributed by atoms with E-state index < -0.39 is 0 Å². The molecule has 0 spiro atoms. The average Bonchev–Trinajstić information content (AvgIpc) is 3.57. The molecule has 3 aromatic heterocycles. The van der Waals surface area contributed by atoms with Crippen molar-refractivity contribution < 1.29 is 9.53 Å². The third-order valence-electron chi connectivity index (χ3n) is 6.41. The van der Waals surface area contributed by atoms with Crippen LogP contribution in [-0.2, 0) is 22.4 Å².